The number of urea groups is 1. The molecule has 2 rings (SSSR count). The average Bonchev–Trinajstić information content (AvgIpc) is 2.35. The van der Waals surface area contributed by atoms with Crippen LogP contribution in [0, 0.1) is 0 Å². The second-order valence-electron chi connectivity index (χ2n) is 3.53. The van der Waals surface area contributed by atoms with E-state index in [2.05, 4.69) is 21.7 Å². The molecule has 4 nitrogen and oxygen atoms in total. The minimum Gasteiger partial charge on any atom is -0.341 e. The van der Waals surface area contributed by atoms with E-state index >= 15 is 0 Å². The number of aromatic amines is 1. The van der Waals surface area contributed by atoms with Gasteiger partial charge in [0.05, 0.1) is 6.54 Å². The van der Waals surface area contributed by atoms with Gasteiger partial charge in [0.1, 0.15) is 0 Å². The third-order valence-corrected chi connectivity index (χ3v) is 2.39. The molecule has 1 aromatic heterocycles. The van der Waals surface area contributed by atoms with Crippen molar-refractivity contribution in [1.82, 2.24) is 10.6 Å². The number of hydrogen-bond acceptors (Lipinski definition) is 1. The molecule has 0 aliphatic rings. The van der Waals surface area contributed by atoms with Gasteiger partial charge < -0.3 is 10.6 Å². The normalized spacial score (nSPS) is 10.1. The minimum atomic E-state index is -0.173. The molecule has 0 aliphatic carbocycles. The Labute approximate surface area is 93.7 Å². The number of hydrogen-bond donors (Lipinski definition) is 2. The number of rotatable bonds is 2. The van der Waals surface area contributed by atoms with Gasteiger partial charge in [-0.15, -0.1) is 0 Å². The van der Waals surface area contributed by atoms with Gasteiger partial charge in [0, 0.05) is 24.1 Å². The van der Waals surface area contributed by atoms with E-state index in [-0.39, 0.29) is 6.03 Å². The number of carbonyl (C=O) groups excluding carboxylic acids is 1. The van der Waals surface area contributed by atoms with Gasteiger partial charge in [0.15, 0.2) is 6.20 Å². The maximum absolute atomic E-state index is 11.0. The van der Waals surface area contributed by atoms with Crippen molar-refractivity contribution < 1.29 is 9.78 Å². The zero-order valence-electron chi connectivity index (χ0n) is 9.08. The summed E-state index contributed by atoms with van der Waals surface area (Å²) in [6.45, 7) is 0.515. The lowest BCUT2D eigenvalue weighted by atomic mass is 10.1. The molecule has 0 bridgehead atoms. The SMILES string of the molecule is CNC(=O)NCc1c[nH+]c2ccccc2c1. The molecule has 16 heavy (non-hydrogen) atoms. The molecular weight excluding hydrogens is 202 g/mol. The minimum absolute atomic E-state index is 0.173. The highest BCUT2D eigenvalue weighted by molar-refractivity contribution is 5.76. The van der Waals surface area contributed by atoms with Crippen LogP contribution in [-0.4, -0.2) is 13.1 Å². The Morgan fingerprint density at radius 2 is 2.19 bits per heavy atom. The zero-order chi connectivity index (χ0) is 11.4. The maximum Gasteiger partial charge on any atom is 0.314 e. The topological polar surface area (TPSA) is 55.3 Å². The highest BCUT2D eigenvalue weighted by Gasteiger charge is 2.03. The molecule has 0 radical (unpaired) electrons. The van der Waals surface area contributed by atoms with Gasteiger partial charge in [-0.25, -0.2) is 9.78 Å². The van der Waals surface area contributed by atoms with Crippen molar-refractivity contribution in [2.45, 2.75) is 6.54 Å². The molecule has 0 aliphatic heterocycles. The number of pyridine rings is 1. The van der Waals surface area contributed by atoms with Gasteiger partial charge in [-0.3, -0.25) is 0 Å². The highest BCUT2D eigenvalue weighted by atomic mass is 16.2. The van der Waals surface area contributed by atoms with Crippen LogP contribution in [0.4, 0.5) is 4.79 Å². The number of para-hydroxylation sites is 1. The van der Waals surface area contributed by atoms with Crippen LogP contribution < -0.4 is 15.6 Å². The monoisotopic (exact) mass is 216 g/mol. The molecule has 2 amide bonds. The molecule has 3 N–H and O–H groups in total. The largest absolute Gasteiger partial charge is 0.341 e. The van der Waals surface area contributed by atoms with Crippen molar-refractivity contribution in [2.75, 3.05) is 7.05 Å². The molecule has 0 unspecified atom stereocenters. The number of aromatic nitrogens is 1. The Kier molecular flexibility index (Phi) is 3.00. The van der Waals surface area contributed by atoms with E-state index in [1.54, 1.807) is 7.05 Å². The fraction of sp³-hybridized carbons (Fsp3) is 0.167. The molecule has 2 aromatic rings. The first-order valence-corrected chi connectivity index (χ1v) is 5.14. The fourth-order valence-electron chi connectivity index (χ4n) is 1.54. The van der Waals surface area contributed by atoms with Crippen LogP contribution in [0.3, 0.4) is 0 Å². The summed E-state index contributed by atoms with van der Waals surface area (Å²) in [4.78, 5) is 14.2. The summed E-state index contributed by atoms with van der Waals surface area (Å²) in [6, 6.07) is 9.92. The molecule has 1 aromatic carbocycles. The Bertz CT molecular complexity index is 510. The van der Waals surface area contributed by atoms with Gasteiger partial charge in [0.2, 0.25) is 5.52 Å². The van der Waals surface area contributed by atoms with Crippen molar-refractivity contribution in [3.05, 3.63) is 42.1 Å². The average molecular weight is 216 g/mol. The van der Waals surface area contributed by atoms with Crippen LogP contribution in [0.5, 0.6) is 0 Å². The van der Waals surface area contributed by atoms with E-state index in [0.29, 0.717) is 6.54 Å². The molecule has 0 saturated carbocycles. The first-order chi connectivity index (χ1) is 7.79. The number of amides is 2. The second-order valence-corrected chi connectivity index (χ2v) is 3.53. The van der Waals surface area contributed by atoms with E-state index in [1.165, 1.54) is 0 Å². The van der Waals surface area contributed by atoms with E-state index in [4.69, 9.17) is 0 Å². The fourth-order valence-corrected chi connectivity index (χ4v) is 1.54. The van der Waals surface area contributed by atoms with Crippen LogP contribution in [0.2, 0.25) is 0 Å². The molecule has 1 heterocycles. The summed E-state index contributed by atoms with van der Waals surface area (Å²) in [5.74, 6) is 0. The number of benzene rings is 1. The van der Waals surface area contributed by atoms with Crippen molar-refractivity contribution in [3.63, 3.8) is 0 Å². The molecular formula is C12H14N3O+. The van der Waals surface area contributed by atoms with Crippen molar-refractivity contribution in [2.24, 2.45) is 0 Å². The Morgan fingerprint density at radius 3 is 3.00 bits per heavy atom. The maximum atomic E-state index is 11.0. The number of nitrogens with one attached hydrogen (secondary N) is 3. The molecule has 0 atom stereocenters. The van der Waals surface area contributed by atoms with Gasteiger partial charge in [-0.2, -0.15) is 0 Å². The van der Waals surface area contributed by atoms with Crippen LogP contribution in [-0.2, 0) is 6.54 Å². The summed E-state index contributed by atoms with van der Waals surface area (Å²) < 4.78 is 0. The lowest BCUT2D eigenvalue weighted by Gasteiger charge is -2.02. The summed E-state index contributed by atoms with van der Waals surface area (Å²) >= 11 is 0. The lowest BCUT2D eigenvalue weighted by molar-refractivity contribution is -0.345. The molecule has 4 heteroatoms. The standard InChI is InChI=1S/C12H13N3O/c1-13-12(16)15-8-9-6-10-4-2-3-5-11(10)14-7-9/h2-7H,8H2,1H3,(H2,13,15,16)/p+1. The highest BCUT2D eigenvalue weighted by Crippen LogP contribution is 2.09. The first-order valence-electron chi connectivity index (χ1n) is 5.14. The predicted octanol–water partition coefficient (Wildman–Crippen LogP) is 1.08. The summed E-state index contributed by atoms with van der Waals surface area (Å²) in [5, 5.41) is 6.39. The molecule has 0 spiro atoms. The molecule has 0 saturated heterocycles. The summed E-state index contributed by atoms with van der Waals surface area (Å²) in [5.41, 5.74) is 2.13. The summed E-state index contributed by atoms with van der Waals surface area (Å²) in [6.07, 6.45) is 1.90. The Morgan fingerprint density at radius 1 is 1.38 bits per heavy atom. The zero-order valence-corrected chi connectivity index (χ0v) is 9.08. The van der Waals surface area contributed by atoms with E-state index < -0.39 is 0 Å². The van der Waals surface area contributed by atoms with E-state index in [1.807, 2.05) is 30.5 Å². The van der Waals surface area contributed by atoms with Crippen molar-refractivity contribution in [3.8, 4) is 0 Å². The van der Waals surface area contributed by atoms with Gasteiger partial charge in [0.25, 0.3) is 0 Å². The third kappa shape index (κ3) is 2.28. The second kappa shape index (κ2) is 4.61. The van der Waals surface area contributed by atoms with Crippen LogP contribution >= 0.6 is 0 Å². The Hall–Kier alpha value is -2.10. The smallest absolute Gasteiger partial charge is 0.314 e. The van der Waals surface area contributed by atoms with Crippen molar-refractivity contribution >= 4 is 16.9 Å². The van der Waals surface area contributed by atoms with Crippen LogP contribution in [0.25, 0.3) is 10.9 Å². The van der Waals surface area contributed by atoms with Gasteiger partial charge in [-0.1, -0.05) is 12.1 Å². The van der Waals surface area contributed by atoms with Crippen molar-refractivity contribution in [1.29, 1.82) is 0 Å². The Balaban J connectivity index is 2.16. The van der Waals surface area contributed by atoms with E-state index in [9.17, 15) is 4.79 Å². The van der Waals surface area contributed by atoms with Gasteiger partial charge in [-0.05, 0) is 12.1 Å². The molecule has 0 fully saturated rings. The summed E-state index contributed by atoms with van der Waals surface area (Å²) in [7, 11) is 1.60. The molecule has 82 valence electrons. The number of fused-ring (bicyclic) bond motifs is 1. The first kappa shape index (κ1) is 10.4. The predicted molar refractivity (Wildman–Crippen MR) is 61.8 cm³/mol. The third-order valence-electron chi connectivity index (χ3n) is 2.39. The van der Waals surface area contributed by atoms with Gasteiger partial charge >= 0.3 is 6.03 Å². The van der Waals surface area contributed by atoms with Crippen LogP contribution in [0.1, 0.15) is 5.56 Å². The number of carbonyl (C=O) groups is 1. The van der Waals surface area contributed by atoms with E-state index in [0.717, 1.165) is 16.5 Å². The lowest BCUT2D eigenvalue weighted by Crippen LogP contribution is -2.32. The number of H-pyrrole nitrogens is 1. The quantitative estimate of drug-likeness (QED) is 0.775. The van der Waals surface area contributed by atoms with Crippen LogP contribution in [0.15, 0.2) is 36.5 Å².